The molecule has 3 atom stereocenters. The standard InChI is InChI=1S/C11H16O2/c1-7(2)8-3-4-10-9(5-8)6-11(12)13-10/h8-10H,1,3-6H2,2H3/t8-,9-,10-/m1/s1. The number of hydrogen-bond donors (Lipinski definition) is 0. The summed E-state index contributed by atoms with van der Waals surface area (Å²) in [7, 11) is 0. The van der Waals surface area contributed by atoms with E-state index in [1.807, 2.05) is 0 Å². The fourth-order valence-electron chi connectivity index (χ4n) is 2.48. The first-order valence-corrected chi connectivity index (χ1v) is 5.01. The van der Waals surface area contributed by atoms with Gasteiger partial charge in [0.2, 0.25) is 0 Å². The first-order chi connectivity index (χ1) is 6.16. The van der Waals surface area contributed by atoms with E-state index in [-0.39, 0.29) is 12.1 Å². The highest BCUT2D eigenvalue weighted by atomic mass is 16.5. The molecule has 0 aromatic heterocycles. The van der Waals surface area contributed by atoms with E-state index in [1.165, 1.54) is 5.57 Å². The number of carbonyl (C=O) groups is 1. The second kappa shape index (κ2) is 3.17. The number of carbonyl (C=O) groups excluding carboxylic acids is 1. The molecule has 1 aliphatic carbocycles. The molecule has 1 saturated carbocycles. The van der Waals surface area contributed by atoms with Gasteiger partial charge in [-0.1, -0.05) is 12.2 Å². The largest absolute Gasteiger partial charge is 0.462 e. The van der Waals surface area contributed by atoms with Crippen LogP contribution < -0.4 is 0 Å². The van der Waals surface area contributed by atoms with Crippen LogP contribution in [-0.2, 0) is 9.53 Å². The highest BCUT2D eigenvalue weighted by molar-refractivity contribution is 5.72. The molecule has 1 heterocycles. The molecule has 2 rings (SSSR count). The summed E-state index contributed by atoms with van der Waals surface area (Å²) in [5, 5.41) is 0. The van der Waals surface area contributed by atoms with E-state index in [2.05, 4.69) is 13.5 Å². The van der Waals surface area contributed by atoms with Crippen molar-refractivity contribution in [2.75, 3.05) is 0 Å². The Hall–Kier alpha value is -0.790. The van der Waals surface area contributed by atoms with Crippen molar-refractivity contribution < 1.29 is 9.53 Å². The van der Waals surface area contributed by atoms with Gasteiger partial charge in [-0.05, 0) is 32.1 Å². The molecule has 0 radical (unpaired) electrons. The van der Waals surface area contributed by atoms with Gasteiger partial charge in [0, 0.05) is 5.92 Å². The topological polar surface area (TPSA) is 26.3 Å². The Morgan fingerprint density at radius 2 is 2.31 bits per heavy atom. The van der Waals surface area contributed by atoms with Crippen LogP contribution in [0.25, 0.3) is 0 Å². The maximum absolute atomic E-state index is 11.0. The normalized spacial score (nSPS) is 38.2. The molecule has 0 unspecified atom stereocenters. The van der Waals surface area contributed by atoms with Gasteiger partial charge in [-0.2, -0.15) is 0 Å². The highest BCUT2D eigenvalue weighted by Gasteiger charge is 2.39. The van der Waals surface area contributed by atoms with Crippen molar-refractivity contribution in [1.82, 2.24) is 0 Å². The van der Waals surface area contributed by atoms with Gasteiger partial charge in [0.15, 0.2) is 0 Å². The van der Waals surface area contributed by atoms with E-state index in [0.29, 0.717) is 18.3 Å². The van der Waals surface area contributed by atoms with Crippen LogP contribution in [0.3, 0.4) is 0 Å². The molecule has 1 aliphatic heterocycles. The Balaban J connectivity index is 2.01. The first kappa shape index (κ1) is 8.79. The van der Waals surface area contributed by atoms with Gasteiger partial charge in [-0.25, -0.2) is 0 Å². The highest BCUT2D eigenvalue weighted by Crippen LogP contribution is 2.39. The summed E-state index contributed by atoms with van der Waals surface area (Å²) in [5.41, 5.74) is 1.26. The SMILES string of the molecule is C=C(C)[C@@H]1CC[C@H]2OC(=O)C[C@H]2C1. The van der Waals surface area contributed by atoms with E-state index in [4.69, 9.17) is 4.74 Å². The zero-order chi connectivity index (χ0) is 9.42. The maximum atomic E-state index is 11.0. The molecule has 0 aromatic rings. The lowest BCUT2D eigenvalue weighted by Crippen LogP contribution is -2.26. The average molecular weight is 180 g/mol. The molecule has 1 saturated heterocycles. The summed E-state index contributed by atoms with van der Waals surface area (Å²) in [6, 6.07) is 0. The lowest BCUT2D eigenvalue weighted by Gasteiger charge is -2.30. The van der Waals surface area contributed by atoms with Gasteiger partial charge >= 0.3 is 5.97 Å². The van der Waals surface area contributed by atoms with Crippen LogP contribution >= 0.6 is 0 Å². The minimum Gasteiger partial charge on any atom is -0.462 e. The van der Waals surface area contributed by atoms with Gasteiger partial charge in [0.05, 0.1) is 6.42 Å². The summed E-state index contributed by atoms with van der Waals surface area (Å²) in [4.78, 5) is 11.0. The molecule has 0 amide bonds. The number of hydrogen-bond acceptors (Lipinski definition) is 2. The fraction of sp³-hybridized carbons (Fsp3) is 0.727. The van der Waals surface area contributed by atoms with Crippen molar-refractivity contribution in [1.29, 1.82) is 0 Å². The molecule has 2 nitrogen and oxygen atoms in total. The molecular weight excluding hydrogens is 164 g/mol. The van der Waals surface area contributed by atoms with E-state index < -0.39 is 0 Å². The molecule has 0 spiro atoms. The predicted molar refractivity (Wildman–Crippen MR) is 50.1 cm³/mol. The Bertz CT molecular complexity index is 244. The Morgan fingerprint density at radius 1 is 1.54 bits per heavy atom. The van der Waals surface area contributed by atoms with Crippen LogP contribution in [0.4, 0.5) is 0 Å². The van der Waals surface area contributed by atoms with Crippen LogP contribution in [0.1, 0.15) is 32.6 Å². The van der Waals surface area contributed by atoms with Crippen molar-refractivity contribution in [3.63, 3.8) is 0 Å². The molecule has 0 N–H and O–H groups in total. The third-order valence-electron chi connectivity index (χ3n) is 3.32. The van der Waals surface area contributed by atoms with Crippen LogP contribution in [0.5, 0.6) is 0 Å². The van der Waals surface area contributed by atoms with Crippen molar-refractivity contribution in [3.05, 3.63) is 12.2 Å². The first-order valence-electron chi connectivity index (χ1n) is 5.01. The minimum absolute atomic E-state index is 0.00244. The smallest absolute Gasteiger partial charge is 0.306 e. The number of rotatable bonds is 1. The van der Waals surface area contributed by atoms with Crippen LogP contribution in [0, 0.1) is 11.8 Å². The van der Waals surface area contributed by atoms with Gasteiger partial charge in [-0.3, -0.25) is 4.79 Å². The van der Waals surface area contributed by atoms with Crippen molar-refractivity contribution in [3.8, 4) is 0 Å². The summed E-state index contributed by atoms with van der Waals surface area (Å²) in [5.74, 6) is 1.09. The zero-order valence-electron chi connectivity index (χ0n) is 8.08. The molecule has 0 aromatic carbocycles. The van der Waals surface area contributed by atoms with Crippen LogP contribution in [0.2, 0.25) is 0 Å². The predicted octanol–water partition coefficient (Wildman–Crippen LogP) is 2.29. The second-order valence-electron chi connectivity index (χ2n) is 4.35. The average Bonchev–Trinajstić information content (AvgIpc) is 2.42. The van der Waals surface area contributed by atoms with Crippen LogP contribution in [-0.4, -0.2) is 12.1 Å². The summed E-state index contributed by atoms with van der Waals surface area (Å²) >= 11 is 0. The van der Waals surface area contributed by atoms with Crippen molar-refractivity contribution in [2.24, 2.45) is 11.8 Å². The maximum Gasteiger partial charge on any atom is 0.306 e. The minimum atomic E-state index is -0.00244. The second-order valence-corrected chi connectivity index (χ2v) is 4.35. The molecule has 2 heteroatoms. The zero-order valence-corrected chi connectivity index (χ0v) is 8.08. The fourth-order valence-corrected chi connectivity index (χ4v) is 2.48. The van der Waals surface area contributed by atoms with E-state index in [1.54, 1.807) is 0 Å². The number of fused-ring (bicyclic) bond motifs is 1. The monoisotopic (exact) mass is 180 g/mol. The molecule has 2 fully saturated rings. The van der Waals surface area contributed by atoms with Crippen molar-refractivity contribution >= 4 is 5.97 Å². The van der Waals surface area contributed by atoms with Crippen molar-refractivity contribution in [2.45, 2.75) is 38.7 Å². The Labute approximate surface area is 79.0 Å². The van der Waals surface area contributed by atoms with E-state index in [9.17, 15) is 4.79 Å². The third-order valence-corrected chi connectivity index (χ3v) is 3.32. The molecular formula is C11H16O2. The quantitative estimate of drug-likeness (QED) is 0.457. The van der Waals surface area contributed by atoms with Gasteiger partial charge in [0.1, 0.15) is 6.10 Å². The summed E-state index contributed by atoms with van der Waals surface area (Å²) in [6.45, 7) is 6.07. The van der Waals surface area contributed by atoms with Gasteiger partial charge in [-0.15, -0.1) is 0 Å². The molecule has 0 bridgehead atoms. The molecule has 2 aliphatic rings. The van der Waals surface area contributed by atoms with Gasteiger partial charge in [0.25, 0.3) is 0 Å². The van der Waals surface area contributed by atoms with E-state index >= 15 is 0 Å². The Morgan fingerprint density at radius 3 is 3.00 bits per heavy atom. The number of ether oxygens (including phenoxy) is 1. The van der Waals surface area contributed by atoms with E-state index in [0.717, 1.165) is 19.3 Å². The summed E-state index contributed by atoms with van der Waals surface area (Å²) < 4.78 is 5.22. The lowest BCUT2D eigenvalue weighted by molar-refractivity contribution is -0.142. The number of allylic oxidation sites excluding steroid dienone is 1. The third kappa shape index (κ3) is 1.62. The van der Waals surface area contributed by atoms with Gasteiger partial charge < -0.3 is 4.74 Å². The lowest BCUT2D eigenvalue weighted by atomic mass is 9.77. The molecule has 13 heavy (non-hydrogen) atoms. The van der Waals surface area contributed by atoms with Crippen LogP contribution in [0.15, 0.2) is 12.2 Å². The molecule has 72 valence electrons. The summed E-state index contributed by atoms with van der Waals surface area (Å²) in [6.07, 6.45) is 4.14. The Kier molecular flexibility index (Phi) is 2.14. The number of esters is 1.